The third kappa shape index (κ3) is 3.71. The van der Waals surface area contributed by atoms with Crippen molar-refractivity contribution in [2.24, 2.45) is 0 Å². The number of amides is 3. The van der Waals surface area contributed by atoms with Crippen LogP contribution in [0.3, 0.4) is 0 Å². The van der Waals surface area contributed by atoms with Gasteiger partial charge in [-0.3, -0.25) is 14.4 Å². The molecule has 0 fully saturated rings. The van der Waals surface area contributed by atoms with Gasteiger partial charge in [-0.2, -0.15) is 0 Å². The number of hydrogen-bond donors (Lipinski definition) is 1. The van der Waals surface area contributed by atoms with Gasteiger partial charge >= 0.3 is 0 Å². The summed E-state index contributed by atoms with van der Waals surface area (Å²) in [5.74, 6) is -1.20. The van der Waals surface area contributed by atoms with Gasteiger partial charge < -0.3 is 5.32 Å². The van der Waals surface area contributed by atoms with Crippen LogP contribution in [0.15, 0.2) is 53.6 Å². The van der Waals surface area contributed by atoms with Gasteiger partial charge in [0.15, 0.2) is 0 Å². The number of nitrogens with one attached hydrogen (secondary N) is 1. The molecule has 2 aromatic carbocycles. The first kappa shape index (κ1) is 19.8. The second kappa shape index (κ2) is 7.24. The van der Waals surface area contributed by atoms with Crippen molar-refractivity contribution in [1.29, 1.82) is 0 Å². The Morgan fingerprint density at radius 3 is 2.00 bits per heavy atom. The number of nitrogens with zero attached hydrogens (tertiary/aromatic N) is 1. The molecule has 1 aliphatic rings. The van der Waals surface area contributed by atoms with Gasteiger partial charge in [0.1, 0.15) is 5.03 Å². The van der Waals surface area contributed by atoms with Gasteiger partial charge in [0, 0.05) is 12.6 Å². The Balaban J connectivity index is 1.91. The summed E-state index contributed by atoms with van der Waals surface area (Å²) in [6.45, 7) is 7.69. The molecule has 0 saturated heterocycles. The molecule has 2 aromatic rings. The van der Waals surface area contributed by atoms with Gasteiger partial charge in [-0.25, -0.2) is 4.90 Å². The molecule has 28 heavy (non-hydrogen) atoms. The summed E-state index contributed by atoms with van der Waals surface area (Å²) in [7, 11) is 0. The maximum absolute atomic E-state index is 13.0. The van der Waals surface area contributed by atoms with Crippen LogP contribution in [0.5, 0.6) is 0 Å². The quantitative estimate of drug-likeness (QED) is 0.778. The first-order chi connectivity index (χ1) is 13.1. The molecular formula is C22H21ClN2O3. The molecule has 0 radical (unpaired) electrons. The fourth-order valence-electron chi connectivity index (χ4n) is 3.02. The predicted molar refractivity (Wildman–Crippen MR) is 111 cm³/mol. The molecule has 5 nitrogen and oxygen atoms in total. The fourth-order valence-corrected chi connectivity index (χ4v) is 3.30. The molecule has 0 aromatic heterocycles. The molecule has 0 unspecified atom stereocenters. The number of imide groups is 1. The van der Waals surface area contributed by atoms with Gasteiger partial charge in [0.25, 0.3) is 11.8 Å². The van der Waals surface area contributed by atoms with Crippen LogP contribution in [0.2, 0.25) is 0 Å². The highest BCUT2D eigenvalue weighted by atomic mass is 35.5. The Hall–Kier alpha value is -2.92. The topological polar surface area (TPSA) is 66.5 Å². The number of hydrogen-bond acceptors (Lipinski definition) is 3. The largest absolute Gasteiger partial charge is 0.326 e. The highest BCUT2D eigenvalue weighted by Crippen LogP contribution is 2.36. The first-order valence-corrected chi connectivity index (χ1v) is 9.24. The fraction of sp³-hybridized carbons (Fsp3) is 0.227. The molecule has 3 rings (SSSR count). The maximum atomic E-state index is 13.0. The van der Waals surface area contributed by atoms with Crippen molar-refractivity contribution in [3.63, 3.8) is 0 Å². The summed E-state index contributed by atoms with van der Waals surface area (Å²) >= 11 is 6.23. The molecule has 0 bridgehead atoms. The van der Waals surface area contributed by atoms with Crippen LogP contribution in [-0.2, 0) is 19.8 Å². The van der Waals surface area contributed by atoms with Gasteiger partial charge in [0.2, 0.25) is 5.91 Å². The van der Waals surface area contributed by atoms with Crippen LogP contribution in [0, 0.1) is 0 Å². The average Bonchev–Trinajstić information content (AvgIpc) is 2.84. The molecule has 1 aliphatic heterocycles. The van der Waals surface area contributed by atoms with E-state index < -0.39 is 11.8 Å². The number of benzene rings is 2. The lowest BCUT2D eigenvalue weighted by Gasteiger charge is -2.21. The lowest BCUT2D eigenvalue weighted by atomic mass is 9.87. The van der Waals surface area contributed by atoms with E-state index in [1.165, 1.54) is 6.92 Å². The van der Waals surface area contributed by atoms with Crippen molar-refractivity contribution in [2.75, 3.05) is 10.2 Å². The lowest BCUT2D eigenvalue weighted by molar-refractivity contribution is -0.120. The zero-order valence-corrected chi connectivity index (χ0v) is 16.9. The van der Waals surface area contributed by atoms with Gasteiger partial charge in [-0.05, 0) is 40.8 Å². The minimum atomic E-state index is -0.545. The number of carbonyl (C=O) groups excluding carboxylic acids is 3. The van der Waals surface area contributed by atoms with Crippen molar-refractivity contribution in [3.8, 4) is 0 Å². The molecule has 1 N–H and O–H groups in total. The zero-order chi connectivity index (χ0) is 20.6. The van der Waals surface area contributed by atoms with E-state index >= 15 is 0 Å². The smallest absolute Gasteiger partial charge is 0.277 e. The Morgan fingerprint density at radius 1 is 0.929 bits per heavy atom. The van der Waals surface area contributed by atoms with Gasteiger partial charge in [-0.1, -0.05) is 56.6 Å². The Labute approximate surface area is 169 Å². The summed E-state index contributed by atoms with van der Waals surface area (Å²) in [6, 6.07) is 13.9. The van der Waals surface area contributed by atoms with E-state index in [0.29, 0.717) is 16.9 Å². The van der Waals surface area contributed by atoms with Crippen molar-refractivity contribution in [2.45, 2.75) is 33.1 Å². The van der Waals surface area contributed by atoms with E-state index in [-0.39, 0.29) is 21.9 Å². The number of halogens is 1. The molecule has 0 aliphatic carbocycles. The van der Waals surface area contributed by atoms with Crippen LogP contribution < -0.4 is 10.2 Å². The van der Waals surface area contributed by atoms with Crippen molar-refractivity contribution < 1.29 is 14.4 Å². The number of anilines is 2. The molecule has 1 heterocycles. The van der Waals surface area contributed by atoms with Crippen molar-refractivity contribution in [3.05, 3.63) is 64.7 Å². The van der Waals surface area contributed by atoms with E-state index in [2.05, 4.69) is 26.1 Å². The van der Waals surface area contributed by atoms with Crippen LogP contribution in [0.4, 0.5) is 11.4 Å². The minimum Gasteiger partial charge on any atom is -0.326 e. The Bertz CT molecular complexity index is 984. The Kier molecular flexibility index (Phi) is 5.13. The summed E-state index contributed by atoms with van der Waals surface area (Å²) in [5, 5.41) is 2.54. The first-order valence-electron chi connectivity index (χ1n) is 8.86. The van der Waals surface area contributed by atoms with E-state index in [1.54, 1.807) is 36.4 Å². The third-order valence-corrected chi connectivity index (χ3v) is 4.86. The summed E-state index contributed by atoms with van der Waals surface area (Å²) in [4.78, 5) is 37.8. The summed E-state index contributed by atoms with van der Waals surface area (Å²) in [5.41, 5.74) is 2.81. The summed E-state index contributed by atoms with van der Waals surface area (Å²) < 4.78 is 0. The van der Waals surface area contributed by atoms with Crippen LogP contribution >= 0.6 is 11.6 Å². The van der Waals surface area contributed by atoms with Gasteiger partial charge in [0.05, 0.1) is 11.3 Å². The average molecular weight is 397 g/mol. The van der Waals surface area contributed by atoms with Crippen LogP contribution in [0.25, 0.3) is 5.57 Å². The van der Waals surface area contributed by atoms with Crippen LogP contribution in [-0.4, -0.2) is 17.7 Å². The zero-order valence-electron chi connectivity index (χ0n) is 16.2. The van der Waals surface area contributed by atoms with Gasteiger partial charge in [-0.15, -0.1) is 0 Å². The second-order valence-electron chi connectivity index (χ2n) is 7.69. The van der Waals surface area contributed by atoms with E-state index in [0.717, 1.165) is 10.5 Å². The predicted octanol–water partition coefficient (Wildman–Crippen LogP) is 4.47. The maximum Gasteiger partial charge on any atom is 0.277 e. The van der Waals surface area contributed by atoms with E-state index in [4.69, 9.17) is 11.6 Å². The molecule has 0 atom stereocenters. The summed E-state index contributed by atoms with van der Waals surface area (Å²) in [6.07, 6.45) is 0. The molecule has 3 amide bonds. The lowest BCUT2D eigenvalue weighted by Crippen LogP contribution is -2.31. The standard InChI is InChI=1S/C22H21ClN2O3/c1-13(26)24-16-9-5-14(6-10-16)18-19(23)21(28)25(20(18)27)17-11-7-15(8-12-17)22(2,3)4/h5-12H,1-4H3,(H,24,26). The van der Waals surface area contributed by atoms with Crippen molar-refractivity contribution >= 4 is 46.3 Å². The number of rotatable bonds is 3. The third-order valence-electron chi connectivity index (χ3n) is 4.51. The minimum absolute atomic E-state index is 0.0335. The normalized spacial score (nSPS) is 14.7. The monoisotopic (exact) mass is 396 g/mol. The molecule has 0 saturated carbocycles. The molecule has 144 valence electrons. The molecule has 6 heteroatoms. The Morgan fingerprint density at radius 2 is 1.50 bits per heavy atom. The van der Waals surface area contributed by atoms with Crippen molar-refractivity contribution in [1.82, 2.24) is 0 Å². The highest BCUT2D eigenvalue weighted by Gasteiger charge is 2.39. The molecular weight excluding hydrogens is 376 g/mol. The SMILES string of the molecule is CC(=O)Nc1ccc(C2=C(Cl)C(=O)N(c3ccc(C(C)(C)C)cc3)C2=O)cc1. The number of carbonyl (C=O) groups is 3. The highest BCUT2D eigenvalue weighted by molar-refractivity contribution is 6.60. The van der Waals surface area contributed by atoms with E-state index in [9.17, 15) is 14.4 Å². The molecule has 0 spiro atoms. The second-order valence-corrected chi connectivity index (χ2v) is 8.07. The van der Waals surface area contributed by atoms with Crippen LogP contribution in [0.1, 0.15) is 38.8 Å². The van der Waals surface area contributed by atoms with E-state index in [1.807, 2.05) is 12.1 Å².